The molecule has 0 aliphatic rings. The van der Waals surface area contributed by atoms with E-state index in [2.05, 4.69) is 13.8 Å². The number of benzene rings is 2. The van der Waals surface area contributed by atoms with Crippen LogP contribution in [0.25, 0.3) is 10.8 Å². The molecule has 0 radical (unpaired) electrons. The molecule has 0 fully saturated rings. The van der Waals surface area contributed by atoms with Gasteiger partial charge in [-0.3, -0.25) is 0 Å². The molecule has 2 aromatic rings. The minimum atomic E-state index is -0.171. The summed E-state index contributed by atoms with van der Waals surface area (Å²) in [5.74, 6) is -0.171. The van der Waals surface area contributed by atoms with Gasteiger partial charge in [-0.1, -0.05) is 18.2 Å². The van der Waals surface area contributed by atoms with Gasteiger partial charge in [0.25, 0.3) is 0 Å². The quantitative estimate of drug-likeness (QED) is 0.572. The molecule has 13 heavy (non-hydrogen) atoms. The van der Waals surface area contributed by atoms with Crippen molar-refractivity contribution < 1.29 is 4.39 Å². The first-order chi connectivity index (χ1) is 6.18. The van der Waals surface area contributed by atoms with Gasteiger partial charge in [-0.25, -0.2) is 4.39 Å². The summed E-state index contributed by atoms with van der Waals surface area (Å²) in [6.07, 6.45) is 0. The molecule has 0 saturated heterocycles. The van der Waals surface area contributed by atoms with Crippen LogP contribution in [0.4, 0.5) is 4.39 Å². The Balaban J connectivity index is 2.87. The highest BCUT2D eigenvalue weighted by molar-refractivity contribution is 5.86. The van der Waals surface area contributed by atoms with Gasteiger partial charge in [0.15, 0.2) is 0 Å². The first kappa shape index (κ1) is 8.24. The molecule has 0 saturated carbocycles. The molecule has 66 valence electrons. The number of halogens is 1. The van der Waals surface area contributed by atoms with Crippen molar-refractivity contribution in [2.24, 2.45) is 0 Å². The van der Waals surface area contributed by atoms with Crippen LogP contribution in [0.1, 0.15) is 11.1 Å². The summed E-state index contributed by atoms with van der Waals surface area (Å²) in [5.41, 5.74) is 2.48. The molecule has 0 N–H and O–H groups in total. The molecule has 2 aromatic carbocycles. The molecule has 1 heteroatoms. The molecule has 0 aliphatic heterocycles. The van der Waals surface area contributed by atoms with Crippen LogP contribution in [0, 0.1) is 19.7 Å². The summed E-state index contributed by atoms with van der Waals surface area (Å²) in [6, 6.07) is 8.90. The van der Waals surface area contributed by atoms with E-state index in [0.29, 0.717) is 0 Å². The fourth-order valence-corrected chi connectivity index (χ4v) is 1.57. The first-order valence-electron chi connectivity index (χ1n) is 4.34. The lowest BCUT2D eigenvalue weighted by Crippen LogP contribution is -1.84. The lowest BCUT2D eigenvalue weighted by atomic mass is 10.0. The van der Waals surface area contributed by atoms with Gasteiger partial charge < -0.3 is 0 Å². The predicted molar refractivity (Wildman–Crippen MR) is 53.4 cm³/mol. The van der Waals surface area contributed by atoms with Gasteiger partial charge in [0.2, 0.25) is 0 Å². The van der Waals surface area contributed by atoms with E-state index < -0.39 is 0 Å². The molecule has 0 aliphatic carbocycles. The van der Waals surface area contributed by atoms with Crippen LogP contribution >= 0.6 is 0 Å². The predicted octanol–water partition coefficient (Wildman–Crippen LogP) is 3.60. The van der Waals surface area contributed by atoms with E-state index >= 15 is 0 Å². The van der Waals surface area contributed by atoms with E-state index in [0.717, 1.165) is 10.8 Å². The molecule has 0 amide bonds. The Morgan fingerprint density at radius 1 is 1.00 bits per heavy atom. The molecule has 0 heterocycles. The van der Waals surface area contributed by atoms with E-state index in [1.54, 1.807) is 6.07 Å². The molecule has 0 unspecified atom stereocenters. The molecule has 0 bridgehead atoms. The third-order valence-corrected chi connectivity index (χ3v) is 2.52. The van der Waals surface area contributed by atoms with Crippen molar-refractivity contribution in [1.29, 1.82) is 0 Å². The largest absolute Gasteiger partial charge is 0.207 e. The molecule has 0 aromatic heterocycles. The van der Waals surface area contributed by atoms with E-state index in [1.165, 1.54) is 17.2 Å². The van der Waals surface area contributed by atoms with Crippen molar-refractivity contribution in [3.63, 3.8) is 0 Å². The molecule has 2 rings (SSSR count). The molecule has 0 atom stereocenters. The van der Waals surface area contributed by atoms with Crippen molar-refractivity contribution in [3.05, 3.63) is 47.3 Å². The highest BCUT2D eigenvalue weighted by atomic mass is 19.1. The summed E-state index contributed by atoms with van der Waals surface area (Å²) in [5, 5.41) is 2.12. The van der Waals surface area contributed by atoms with Gasteiger partial charge in [0, 0.05) is 0 Å². The van der Waals surface area contributed by atoms with E-state index in [9.17, 15) is 4.39 Å². The number of fused-ring (bicyclic) bond motifs is 1. The van der Waals surface area contributed by atoms with Crippen LogP contribution in [0.5, 0.6) is 0 Å². The average molecular weight is 174 g/mol. The number of hydrogen-bond donors (Lipinski definition) is 0. The van der Waals surface area contributed by atoms with E-state index in [-0.39, 0.29) is 5.82 Å². The third kappa shape index (κ3) is 1.31. The Morgan fingerprint density at radius 2 is 1.77 bits per heavy atom. The zero-order chi connectivity index (χ0) is 9.42. The van der Waals surface area contributed by atoms with Gasteiger partial charge in [-0.05, 0) is 47.9 Å². The summed E-state index contributed by atoms with van der Waals surface area (Å²) >= 11 is 0. The second-order valence-electron chi connectivity index (χ2n) is 3.37. The Kier molecular flexibility index (Phi) is 1.80. The maximum atomic E-state index is 12.9. The van der Waals surface area contributed by atoms with Crippen LogP contribution < -0.4 is 0 Å². The Bertz CT molecular complexity index is 458. The van der Waals surface area contributed by atoms with Crippen molar-refractivity contribution in [1.82, 2.24) is 0 Å². The van der Waals surface area contributed by atoms with Crippen molar-refractivity contribution in [3.8, 4) is 0 Å². The van der Waals surface area contributed by atoms with Crippen LogP contribution in [-0.2, 0) is 0 Å². The third-order valence-electron chi connectivity index (χ3n) is 2.52. The number of rotatable bonds is 0. The fraction of sp³-hybridized carbons (Fsp3) is 0.167. The molecular formula is C12H11F. The van der Waals surface area contributed by atoms with Gasteiger partial charge in [0.05, 0.1) is 0 Å². The summed E-state index contributed by atoms with van der Waals surface area (Å²) in [7, 11) is 0. The maximum Gasteiger partial charge on any atom is 0.123 e. The topological polar surface area (TPSA) is 0 Å². The zero-order valence-electron chi connectivity index (χ0n) is 7.76. The Morgan fingerprint density at radius 3 is 2.54 bits per heavy atom. The van der Waals surface area contributed by atoms with Crippen LogP contribution in [0.2, 0.25) is 0 Å². The highest BCUT2D eigenvalue weighted by Crippen LogP contribution is 2.21. The van der Waals surface area contributed by atoms with Crippen molar-refractivity contribution in [2.75, 3.05) is 0 Å². The maximum absolute atomic E-state index is 12.9. The Hall–Kier alpha value is -1.37. The molecular weight excluding hydrogens is 163 g/mol. The van der Waals surface area contributed by atoms with Gasteiger partial charge in [-0.2, -0.15) is 0 Å². The minimum absolute atomic E-state index is 0.171. The highest BCUT2D eigenvalue weighted by Gasteiger charge is 2.00. The lowest BCUT2D eigenvalue weighted by molar-refractivity contribution is 0.629. The summed E-state index contributed by atoms with van der Waals surface area (Å²) in [4.78, 5) is 0. The standard InChI is InChI=1S/C12H11F/c1-8-3-4-10-7-11(13)5-6-12(10)9(8)2/h3-7H,1-2H3. The second-order valence-corrected chi connectivity index (χ2v) is 3.37. The zero-order valence-corrected chi connectivity index (χ0v) is 7.76. The van der Waals surface area contributed by atoms with Crippen molar-refractivity contribution in [2.45, 2.75) is 13.8 Å². The smallest absolute Gasteiger partial charge is 0.123 e. The van der Waals surface area contributed by atoms with Crippen LogP contribution in [0.15, 0.2) is 30.3 Å². The SMILES string of the molecule is Cc1ccc2cc(F)ccc2c1C. The lowest BCUT2D eigenvalue weighted by Gasteiger charge is -2.04. The van der Waals surface area contributed by atoms with E-state index in [4.69, 9.17) is 0 Å². The fourth-order valence-electron chi connectivity index (χ4n) is 1.57. The Labute approximate surface area is 77.0 Å². The van der Waals surface area contributed by atoms with Gasteiger partial charge >= 0.3 is 0 Å². The van der Waals surface area contributed by atoms with Crippen LogP contribution in [0.3, 0.4) is 0 Å². The monoisotopic (exact) mass is 174 g/mol. The van der Waals surface area contributed by atoms with Crippen LogP contribution in [-0.4, -0.2) is 0 Å². The number of aryl methyl sites for hydroxylation is 2. The van der Waals surface area contributed by atoms with Crippen molar-refractivity contribution >= 4 is 10.8 Å². The second kappa shape index (κ2) is 2.84. The number of hydrogen-bond acceptors (Lipinski definition) is 0. The summed E-state index contributed by atoms with van der Waals surface area (Å²) < 4.78 is 12.9. The van der Waals surface area contributed by atoms with E-state index in [1.807, 2.05) is 18.2 Å². The normalized spacial score (nSPS) is 10.7. The van der Waals surface area contributed by atoms with Gasteiger partial charge in [0.1, 0.15) is 5.82 Å². The molecule has 0 nitrogen and oxygen atoms in total. The summed E-state index contributed by atoms with van der Waals surface area (Å²) in [6.45, 7) is 4.13. The minimum Gasteiger partial charge on any atom is -0.207 e. The first-order valence-corrected chi connectivity index (χ1v) is 4.34. The molecule has 0 spiro atoms. The average Bonchev–Trinajstić information content (AvgIpc) is 2.12. The van der Waals surface area contributed by atoms with Gasteiger partial charge in [-0.15, -0.1) is 0 Å².